The number of nitrogen functional groups attached to an aromatic ring is 1. The van der Waals surface area contributed by atoms with E-state index in [-0.39, 0.29) is 24.3 Å². The second-order valence-electron chi connectivity index (χ2n) is 8.15. The highest BCUT2D eigenvalue weighted by Gasteiger charge is 2.16. The molecule has 2 amide bonds. The van der Waals surface area contributed by atoms with Crippen LogP contribution in [0.15, 0.2) is 30.3 Å². The van der Waals surface area contributed by atoms with Gasteiger partial charge < -0.3 is 31.2 Å². The van der Waals surface area contributed by atoms with Gasteiger partial charge in [-0.2, -0.15) is 0 Å². The number of nitrogens with zero attached hydrogens (tertiary/aromatic N) is 1. The van der Waals surface area contributed by atoms with E-state index in [1.54, 1.807) is 27.2 Å². The molecule has 2 aromatic rings. The van der Waals surface area contributed by atoms with E-state index in [1.807, 2.05) is 31.2 Å². The quantitative estimate of drug-likeness (QED) is 0.381. The average molecular weight is 458 g/mol. The van der Waals surface area contributed by atoms with Crippen LogP contribution in [0.4, 0.5) is 5.82 Å². The predicted octanol–water partition coefficient (Wildman–Crippen LogP) is 1.58. The smallest absolute Gasteiger partial charge is 0.242 e. The summed E-state index contributed by atoms with van der Waals surface area (Å²) in [6, 6.07) is 8.66. The van der Waals surface area contributed by atoms with Gasteiger partial charge in [0.05, 0.1) is 20.8 Å². The highest BCUT2D eigenvalue weighted by Crippen LogP contribution is 2.24. The van der Waals surface area contributed by atoms with Gasteiger partial charge in [0.15, 0.2) is 0 Å². The predicted molar refractivity (Wildman–Crippen MR) is 128 cm³/mol. The topological polar surface area (TPSA) is 128 Å². The largest absolute Gasteiger partial charge is 0.497 e. The number of anilines is 1. The molecule has 0 aliphatic heterocycles. The van der Waals surface area contributed by atoms with Gasteiger partial charge >= 0.3 is 0 Å². The Labute approximate surface area is 195 Å². The van der Waals surface area contributed by atoms with Crippen LogP contribution in [0.1, 0.15) is 30.7 Å². The maximum Gasteiger partial charge on any atom is 0.242 e. The zero-order valence-corrected chi connectivity index (χ0v) is 20.0. The molecular weight excluding hydrogens is 422 g/mol. The fourth-order valence-corrected chi connectivity index (χ4v) is 3.38. The highest BCUT2D eigenvalue weighted by atomic mass is 16.5. The molecular formula is C24H35N5O4. The minimum atomic E-state index is -0.650. The molecule has 0 aliphatic carbocycles. The molecule has 1 aromatic heterocycles. The SMILES string of the molecule is COc1cc(C[C@@H](C)CNCC(=O)N[C@@H](C)C(=O)NCc2ccc(N)nc2C)cc(OC)c1. The molecule has 1 aromatic carbocycles. The number of pyridine rings is 1. The monoisotopic (exact) mass is 457 g/mol. The normalized spacial score (nSPS) is 12.5. The molecule has 33 heavy (non-hydrogen) atoms. The van der Waals surface area contributed by atoms with Crippen molar-refractivity contribution in [1.29, 1.82) is 0 Å². The number of amides is 2. The minimum absolute atomic E-state index is 0.129. The van der Waals surface area contributed by atoms with Crippen LogP contribution in [0.5, 0.6) is 11.5 Å². The van der Waals surface area contributed by atoms with E-state index in [2.05, 4.69) is 27.9 Å². The molecule has 0 bridgehead atoms. The van der Waals surface area contributed by atoms with Gasteiger partial charge in [0, 0.05) is 18.3 Å². The summed E-state index contributed by atoms with van der Waals surface area (Å²) in [5.41, 5.74) is 8.38. The number of aromatic nitrogens is 1. The second kappa shape index (κ2) is 12.6. The zero-order valence-electron chi connectivity index (χ0n) is 20.0. The van der Waals surface area contributed by atoms with Crippen molar-refractivity contribution in [1.82, 2.24) is 20.9 Å². The van der Waals surface area contributed by atoms with Crippen molar-refractivity contribution in [2.75, 3.05) is 33.0 Å². The molecule has 180 valence electrons. The Balaban J connectivity index is 1.71. The van der Waals surface area contributed by atoms with Crippen LogP contribution < -0.4 is 31.2 Å². The highest BCUT2D eigenvalue weighted by molar-refractivity contribution is 5.87. The van der Waals surface area contributed by atoms with Crippen LogP contribution in [0, 0.1) is 12.8 Å². The molecule has 0 saturated carbocycles. The Morgan fingerprint density at radius 2 is 1.76 bits per heavy atom. The van der Waals surface area contributed by atoms with Crippen LogP contribution in [0.3, 0.4) is 0 Å². The minimum Gasteiger partial charge on any atom is -0.497 e. The van der Waals surface area contributed by atoms with Crippen molar-refractivity contribution in [3.05, 3.63) is 47.2 Å². The van der Waals surface area contributed by atoms with E-state index in [0.717, 1.165) is 34.7 Å². The van der Waals surface area contributed by atoms with Gasteiger partial charge in [-0.3, -0.25) is 9.59 Å². The molecule has 0 radical (unpaired) electrons. The number of nitrogens with one attached hydrogen (secondary N) is 3. The molecule has 9 heteroatoms. The first-order valence-electron chi connectivity index (χ1n) is 10.9. The Kier molecular flexibility index (Phi) is 9.93. The molecule has 2 atom stereocenters. The Hall–Kier alpha value is -3.33. The number of hydrogen-bond acceptors (Lipinski definition) is 7. The van der Waals surface area contributed by atoms with Crippen molar-refractivity contribution in [3.63, 3.8) is 0 Å². The molecule has 9 nitrogen and oxygen atoms in total. The van der Waals surface area contributed by atoms with Gasteiger partial charge in [-0.1, -0.05) is 13.0 Å². The summed E-state index contributed by atoms with van der Waals surface area (Å²) in [5.74, 6) is 1.72. The van der Waals surface area contributed by atoms with Crippen molar-refractivity contribution in [2.24, 2.45) is 5.92 Å². The number of methoxy groups -OCH3 is 2. The van der Waals surface area contributed by atoms with Crippen LogP contribution in [0.2, 0.25) is 0 Å². The summed E-state index contributed by atoms with van der Waals surface area (Å²) in [6.07, 6.45) is 0.806. The van der Waals surface area contributed by atoms with Gasteiger partial charge in [0.2, 0.25) is 11.8 Å². The summed E-state index contributed by atoms with van der Waals surface area (Å²) < 4.78 is 10.6. The van der Waals surface area contributed by atoms with Crippen LogP contribution in [0.25, 0.3) is 0 Å². The summed E-state index contributed by atoms with van der Waals surface area (Å²) in [5, 5.41) is 8.67. The van der Waals surface area contributed by atoms with E-state index < -0.39 is 6.04 Å². The maximum absolute atomic E-state index is 12.3. The molecule has 5 N–H and O–H groups in total. The number of nitrogens with two attached hydrogens (primary N) is 1. The van der Waals surface area contributed by atoms with E-state index in [4.69, 9.17) is 15.2 Å². The first kappa shape index (κ1) is 25.9. The van der Waals surface area contributed by atoms with Gasteiger partial charge in [0.25, 0.3) is 0 Å². The molecule has 0 spiro atoms. The summed E-state index contributed by atoms with van der Waals surface area (Å²) >= 11 is 0. The van der Waals surface area contributed by atoms with Crippen LogP contribution in [-0.2, 0) is 22.6 Å². The number of ether oxygens (including phenoxy) is 2. The first-order valence-corrected chi connectivity index (χ1v) is 10.9. The van der Waals surface area contributed by atoms with Gasteiger partial charge in [0.1, 0.15) is 23.4 Å². The van der Waals surface area contributed by atoms with Crippen molar-refractivity contribution in [3.8, 4) is 11.5 Å². The molecule has 0 saturated heterocycles. The Morgan fingerprint density at radius 3 is 2.36 bits per heavy atom. The Morgan fingerprint density at radius 1 is 1.09 bits per heavy atom. The van der Waals surface area contributed by atoms with E-state index >= 15 is 0 Å². The molecule has 0 aliphatic rings. The van der Waals surface area contributed by atoms with Crippen molar-refractivity contribution >= 4 is 17.6 Å². The molecule has 0 fully saturated rings. The lowest BCUT2D eigenvalue weighted by molar-refractivity contribution is -0.128. The molecule has 2 rings (SSSR count). The first-order chi connectivity index (χ1) is 15.7. The fraction of sp³-hybridized carbons (Fsp3) is 0.458. The van der Waals surface area contributed by atoms with E-state index in [9.17, 15) is 9.59 Å². The third kappa shape index (κ3) is 8.61. The lowest BCUT2D eigenvalue weighted by atomic mass is 10.0. The molecule has 1 heterocycles. The Bertz CT molecular complexity index is 928. The van der Waals surface area contributed by atoms with Crippen molar-refractivity contribution in [2.45, 2.75) is 39.8 Å². The summed E-state index contributed by atoms with van der Waals surface area (Å²) in [6.45, 7) is 6.69. The zero-order chi connectivity index (χ0) is 24.4. The average Bonchev–Trinajstić information content (AvgIpc) is 2.77. The number of aryl methyl sites for hydroxylation is 1. The lowest BCUT2D eigenvalue weighted by Gasteiger charge is -2.17. The van der Waals surface area contributed by atoms with Gasteiger partial charge in [-0.15, -0.1) is 0 Å². The third-order valence-electron chi connectivity index (χ3n) is 5.21. The lowest BCUT2D eigenvalue weighted by Crippen LogP contribution is -2.47. The van der Waals surface area contributed by atoms with E-state index in [0.29, 0.717) is 18.9 Å². The molecule has 0 unspecified atom stereocenters. The fourth-order valence-electron chi connectivity index (χ4n) is 3.38. The maximum atomic E-state index is 12.3. The van der Waals surface area contributed by atoms with Crippen LogP contribution >= 0.6 is 0 Å². The van der Waals surface area contributed by atoms with E-state index in [1.165, 1.54) is 0 Å². The number of benzene rings is 1. The number of carbonyl (C=O) groups is 2. The summed E-state index contributed by atoms with van der Waals surface area (Å²) in [7, 11) is 3.25. The van der Waals surface area contributed by atoms with Gasteiger partial charge in [-0.25, -0.2) is 4.98 Å². The third-order valence-corrected chi connectivity index (χ3v) is 5.21. The second-order valence-corrected chi connectivity index (χ2v) is 8.15. The van der Waals surface area contributed by atoms with Gasteiger partial charge in [-0.05, 0) is 62.1 Å². The number of hydrogen-bond donors (Lipinski definition) is 4. The number of rotatable bonds is 12. The standard InChI is InChI=1S/C24H35N5O4/c1-15(8-18-9-20(32-4)11-21(10-18)33-5)12-26-14-23(30)29-17(3)24(31)27-13-19-6-7-22(25)28-16(19)2/h6-7,9-11,15,17,26H,8,12-14H2,1-5H3,(H2,25,28)(H,27,31)(H,29,30)/t15-,17+/m1/s1. The summed E-state index contributed by atoms with van der Waals surface area (Å²) in [4.78, 5) is 28.7. The van der Waals surface area contributed by atoms with Crippen molar-refractivity contribution < 1.29 is 19.1 Å². The van der Waals surface area contributed by atoms with Crippen LogP contribution in [-0.4, -0.2) is 50.1 Å². The number of carbonyl (C=O) groups excluding carboxylic acids is 2.